The smallest absolute Gasteiger partial charge is 0.220 e. The largest absolute Gasteiger partial charge is 0.352 e. The second-order valence-corrected chi connectivity index (χ2v) is 6.72. The van der Waals surface area contributed by atoms with E-state index < -0.39 is 0 Å². The third kappa shape index (κ3) is 4.73. The predicted octanol–water partition coefficient (Wildman–Crippen LogP) is 3.78. The molecule has 0 aliphatic heterocycles. The molecule has 4 aromatic rings. The number of amides is 1. The van der Waals surface area contributed by atoms with Crippen LogP contribution in [0.2, 0.25) is 0 Å². The second-order valence-electron chi connectivity index (χ2n) is 6.72. The number of pyridine rings is 2. The van der Waals surface area contributed by atoms with Crippen LogP contribution in [0.5, 0.6) is 0 Å². The van der Waals surface area contributed by atoms with E-state index in [0.717, 1.165) is 33.5 Å². The highest BCUT2D eigenvalue weighted by Gasteiger charge is 2.10. The standard InChI is InChI=1S/C23H21N5O/c29-22(6-3-17-7-11-24-12-8-17)26-15-18-1-4-20(5-2-18)23-21(16-27-28-23)19-9-13-25-14-10-19/h1-2,4-5,7-14,16H,3,6,15H2,(H,26,29)(H,27,28). The molecule has 29 heavy (non-hydrogen) atoms. The fourth-order valence-corrected chi connectivity index (χ4v) is 3.14. The van der Waals surface area contributed by atoms with Crippen LogP contribution in [-0.2, 0) is 17.8 Å². The van der Waals surface area contributed by atoms with Gasteiger partial charge in [-0.05, 0) is 47.4 Å². The number of rotatable bonds is 7. The number of aryl methyl sites for hydroxylation is 1. The van der Waals surface area contributed by atoms with Crippen LogP contribution < -0.4 is 5.32 Å². The lowest BCUT2D eigenvalue weighted by Crippen LogP contribution is -2.22. The van der Waals surface area contributed by atoms with Gasteiger partial charge in [0.05, 0.1) is 11.9 Å². The first kappa shape index (κ1) is 18.6. The van der Waals surface area contributed by atoms with E-state index in [-0.39, 0.29) is 5.91 Å². The van der Waals surface area contributed by atoms with Gasteiger partial charge in [0, 0.05) is 48.9 Å². The lowest BCUT2D eigenvalue weighted by atomic mass is 10.0. The van der Waals surface area contributed by atoms with Crippen molar-refractivity contribution in [3.8, 4) is 22.4 Å². The van der Waals surface area contributed by atoms with Gasteiger partial charge in [0.25, 0.3) is 0 Å². The van der Waals surface area contributed by atoms with Crippen molar-refractivity contribution in [1.29, 1.82) is 0 Å². The van der Waals surface area contributed by atoms with Crippen LogP contribution in [0.4, 0.5) is 0 Å². The molecule has 6 heteroatoms. The molecule has 3 heterocycles. The molecule has 3 aromatic heterocycles. The number of aromatic amines is 1. The zero-order valence-electron chi connectivity index (χ0n) is 15.9. The number of nitrogens with zero attached hydrogens (tertiary/aromatic N) is 3. The number of nitrogens with one attached hydrogen (secondary N) is 2. The van der Waals surface area contributed by atoms with Gasteiger partial charge in [-0.3, -0.25) is 19.9 Å². The molecule has 6 nitrogen and oxygen atoms in total. The quantitative estimate of drug-likeness (QED) is 0.509. The van der Waals surface area contributed by atoms with Gasteiger partial charge < -0.3 is 5.32 Å². The first-order chi connectivity index (χ1) is 14.3. The van der Waals surface area contributed by atoms with Crippen molar-refractivity contribution in [2.24, 2.45) is 0 Å². The van der Waals surface area contributed by atoms with Crippen LogP contribution in [0.15, 0.2) is 79.5 Å². The van der Waals surface area contributed by atoms with Gasteiger partial charge in [-0.1, -0.05) is 24.3 Å². The average molecular weight is 383 g/mol. The summed E-state index contributed by atoms with van der Waals surface area (Å²) >= 11 is 0. The van der Waals surface area contributed by atoms with Crippen molar-refractivity contribution in [1.82, 2.24) is 25.5 Å². The van der Waals surface area contributed by atoms with E-state index >= 15 is 0 Å². The molecule has 0 spiro atoms. The van der Waals surface area contributed by atoms with Crippen molar-refractivity contribution in [3.05, 3.63) is 90.6 Å². The molecular formula is C23H21N5O. The van der Waals surface area contributed by atoms with Gasteiger partial charge in [-0.2, -0.15) is 5.10 Å². The van der Waals surface area contributed by atoms with Crippen LogP contribution >= 0.6 is 0 Å². The van der Waals surface area contributed by atoms with E-state index in [9.17, 15) is 4.79 Å². The van der Waals surface area contributed by atoms with Crippen molar-refractivity contribution >= 4 is 5.91 Å². The summed E-state index contributed by atoms with van der Waals surface area (Å²) in [6.07, 6.45) is 10.0. The zero-order valence-corrected chi connectivity index (χ0v) is 15.9. The summed E-state index contributed by atoms with van der Waals surface area (Å²) in [5.74, 6) is 0.0411. The van der Waals surface area contributed by atoms with Gasteiger partial charge in [-0.15, -0.1) is 0 Å². The molecule has 144 valence electrons. The predicted molar refractivity (Wildman–Crippen MR) is 112 cm³/mol. The Morgan fingerprint density at radius 1 is 0.828 bits per heavy atom. The maximum atomic E-state index is 12.1. The Labute approximate surface area is 169 Å². The molecular weight excluding hydrogens is 362 g/mol. The number of benzene rings is 1. The summed E-state index contributed by atoms with van der Waals surface area (Å²) in [7, 11) is 0. The maximum Gasteiger partial charge on any atom is 0.220 e. The highest BCUT2D eigenvalue weighted by molar-refractivity contribution is 5.80. The average Bonchev–Trinajstić information content (AvgIpc) is 3.28. The topological polar surface area (TPSA) is 83.6 Å². The van der Waals surface area contributed by atoms with Crippen LogP contribution in [-0.4, -0.2) is 26.1 Å². The Hall–Kier alpha value is -3.80. The molecule has 1 aromatic carbocycles. The molecule has 1 amide bonds. The van der Waals surface area contributed by atoms with Crippen molar-refractivity contribution < 1.29 is 4.79 Å². The molecule has 0 fully saturated rings. The summed E-state index contributed by atoms with van der Waals surface area (Å²) in [4.78, 5) is 20.2. The van der Waals surface area contributed by atoms with Crippen LogP contribution in [0.1, 0.15) is 17.5 Å². The Balaban J connectivity index is 1.35. The molecule has 4 rings (SSSR count). The number of hydrogen-bond donors (Lipinski definition) is 2. The Bertz CT molecular complexity index is 1060. The van der Waals surface area contributed by atoms with Gasteiger partial charge >= 0.3 is 0 Å². The number of aromatic nitrogens is 4. The van der Waals surface area contributed by atoms with Crippen LogP contribution in [0, 0.1) is 0 Å². The molecule has 0 saturated carbocycles. The van der Waals surface area contributed by atoms with E-state index in [1.807, 2.05) is 54.7 Å². The highest BCUT2D eigenvalue weighted by atomic mass is 16.1. The highest BCUT2D eigenvalue weighted by Crippen LogP contribution is 2.29. The Morgan fingerprint density at radius 3 is 2.24 bits per heavy atom. The van der Waals surface area contributed by atoms with Gasteiger partial charge in [0.2, 0.25) is 5.91 Å². The van der Waals surface area contributed by atoms with E-state index in [4.69, 9.17) is 0 Å². The van der Waals surface area contributed by atoms with Crippen LogP contribution in [0.3, 0.4) is 0 Å². The number of hydrogen-bond acceptors (Lipinski definition) is 4. The molecule has 0 bridgehead atoms. The minimum Gasteiger partial charge on any atom is -0.352 e. The molecule has 0 saturated heterocycles. The minimum absolute atomic E-state index is 0.0411. The van der Waals surface area contributed by atoms with Crippen molar-refractivity contribution in [2.75, 3.05) is 0 Å². The molecule has 0 unspecified atom stereocenters. The summed E-state index contributed by atoms with van der Waals surface area (Å²) in [6.45, 7) is 0.510. The van der Waals surface area contributed by atoms with Gasteiger partial charge in [-0.25, -0.2) is 0 Å². The molecule has 0 radical (unpaired) electrons. The zero-order chi connectivity index (χ0) is 19.9. The number of H-pyrrole nitrogens is 1. The normalized spacial score (nSPS) is 10.6. The van der Waals surface area contributed by atoms with Crippen molar-refractivity contribution in [3.63, 3.8) is 0 Å². The number of carbonyl (C=O) groups excluding carboxylic acids is 1. The molecule has 0 aliphatic rings. The molecule has 0 atom stereocenters. The van der Waals surface area contributed by atoms with E-state index in [1.54, 1.807) is 24.8 Å². The van der Waals surface area contributed by atoms with E-state index in [0.29, 0.717) is 19.4 Å². The van der Waals surface area contributed by atoms with Gasteiger partial charge in [0.15, 0.2) is 0 Å². The molecule has 0 aliphatic carbocycles. The monoisotopic (exact) mass is 383 g/mol. The fourth-order valence-electron chi connectivity index (χ4n) is 3.14. The van der Waals surface area contributed by atoms with Crippen LogP contribution in [0.25, 0.3) is 22.4 Å². The molecule has 2 N–H and O–H groups in total. The Morgan fingerprint density at radius 2 is 1.52 bits per heavy atom. The summed E-state index contributed by atoms with van der Waals surface area (Å²) in [5, 5.41) is 10.3. The maximum absolute atomic E-state index is 12.1. The first-order valence-electron chi connectivity index (χ1n) is 9.48. The number of carbonyl (C=O) groups is 1. The Kier molecular flexibility index (Phi) is 5.71. The summed E-state index contributed by atoms with van der Waals surface area (Å²) < 4.78 is 0. The fraction of sp³-hybridized carbons (Fsp3) is 0.130. The third-order valence-electron chi connectivity index (χ3n) is 4.75. The summed E-state index contributed by atoms with van der Waals surface area (Å²) in [5.41, 5.74) is 6.27. The lowest BCUT2D eigenvalue weighted by molar-refractivity contribution is -0.121. The van der Waals surface area contributed by atoms with E-state index in [1.165, 1.54) is 0 Å². The second kappa shape index (κ2) is 8.93. The summed E-state index contributed by atoms with van der Waals surface area (Å²) in [6, 6.07) is 15.9. The SMILES string of the molecule is O=C(CCc1ccncc1)NCc1ccc(-c2[nH]ncc2-c2ccncc2)cc1. The third-order valence-corrected chi connectivity index (χ3v) is 4.75. The lowest BCUT2D eigenvalue weighted by Gasteiger charge is -2.07. The van der Waals surface area contributed by atoms with Crippen molar-refractivity contribution in [2.45, 2.75) is 19.4 Å². The first-order valence-corrected chi connectivity index (χ1v) is 9.48. The minimum atomic E-state index is 0.0411. The van der Waals surface area contributed by atoms with Gasteiger partial charge in [0.1, 0.15) is 0 Å². The van der Waals surface area contributed by atoms with E-state index in [2.05, 4.69) is 25.5 Å².